The lowest BCUT2D eigenvalue weighted by molar-refractivity contribution is -0.124. The molecular formula is C13H18BrNO2. The van der Waals surface area contributed by atoms with Gasteiger partial charge in [-0.3, -0.25) is 4.79 Å². The minimum absolute atomic E-state index is 0.0429. The average molecular weight is 300 g/mol. The van der Waals surface area contributed by atoms with E-state index in [1.54, 1.807) is 0 Å². The van der Waals surface area contributed by atoms with Crippen LogP contribution in [-0.2, 0) is 11.2 Å². The first-order valence-electron chi connectivity index (χ1n) is 5.76. The predicted molar refractivity (Wildman–Crippen MR) is 71.7 cm³/mol. The minimum Gasteiger partial charge on any atom is -0.396 e. The Hall–Kier alpha value is -0.870. The maximum absolute atomic E-state index is 11.7. The van der Waals surface area contributed by atoms with Crippen molar-refractivity contribution in [3.8, 4) is 0 Å². The van der Waals surface area contributed by atoms with Gasteiger partial charge in [-0.25, -0.2) is 0 Å². The van der Waals surface area contributed by atoms with Crippen LogP contribution in [0.15, 0.2) is 28.7 Å². The molecule has 1 unspecified atom stereocenters. The average Bonchev–Trinajstić information content (AvgIpc) is 2.32. The molecule has 1 aromatic carbocycles. The molecule has 0 heterocycles. The van der Waals surface area contributed by atoms with Crippen molar-refractivity contribution in [2.24, 2.45) is 5.92 Å². The first-order valence-corrected chi connectivity index (χ1v) is 6.56. The summed E-state index contributed by atoms with van der Waals surface area (Å²) >= 11 is 3.38. The lowest BCUT2D eigenvalue weighted by Crippen LogP contribution is -2.31. The normalized spacial score (nSPS) is 12.2. The summed E-state index contributed by atoms with van der Waals surface area (Å²) < 4.78 is 1.04. The standard InChI is InChI=1S/C13H18BrNO2/c1-10(13(17)15-7-2-8-16)9-11-3-5-12(14)6-4-11/h3-6,10,16H,2,7-9H2,1H3,(H,15,17). The molecular weight excluding hydrogens is 282 g/mol. The third kappa shape index (κ3) is 5.33. The number of hydrogen-bond acceptors (Lipinski definition) is 2. The van der Waals surface area contributed by atoms with Gasteiger partial charge in [0.25, 0.3) is 0 Å². The number of nitrogens with one attached hydrogen (secondary N) is 1. The van der Waals surface area contributed by atoms with Crippen LogP contribution in [0.4, 0.5) is 0 Å². The smallest absolute Gasteiger partial charge is 0.223 e. The summed E-state index contributed by atoms with van der Waals surface area (Å²) in [6.07, 6.45) is 1.34. The fraction of sp³-hybridized carbons (Fsp3) is 0.462. The molecule has 0 spiro atoms. The van der Waals surface area contributed by atoms with E-state index in [4.69, 9.17) is 5.11 Å². The molecule has 0 radical (unpaired) electrons. The van der Waals surface area contributed by atoms with Gasteiger partial charge < -0.3 is 10.4 Å². The number of rotatable bonds is 6. The van der Waals surface area contributed by atoms with Crippen molar-refractivity contribution in [3.05, 3.63) is 34.3 Å². The molecule has 0 aliphatic carbocycles. The van der Waals surface area contributed by atoms with Gasteiger partial charge >= 0.3 is 0 Å². The Morgan fingerprint density at radius 1 is 1.41 bits per heavy atom. The fourth-order valence-electron chi connectivity index (χ4n) is 1.53. The molecule has 0 aliphatic heterocycles. The molecule has 0 saturated heterocycles. The molecule has 1 atom stereocenters. The van der Waals surface area contributed by atoms with E-state index in [-0.39, 0.29) is 18.4 Å². The maximum atomic E-state index is 11.7. The third-order valence-electron chi connectivity index (χ3n) is 2.54. The Morgan fingerprint density at radius 3 is 2.65 bits per heavy atom. The molecule has 0 fully saturated rings. The van der Waals surface area contributed by atoms with Crippen LogP contribution in [-0.4, -0.2) is 24.2 Å². The van der Waals surface area contributed by atoms with E-state index in [0.717, 1.165) is 16.5 Å². The van der Waals surface area contributed by atoms with E-state index in [2.05, 4.69) is 21.2 Å². The highest BCUT2D eigenvalue weighted by Gasteiger charge is 2.12. The van der Waals surface area contributed by atoms with E-state index < -0.39 is 0 Å². The van der Waals surface area contributed by atoms with Crippen molar-refractivity contribution < 1.29 is 9.90 Å². The zero-order valence-electron chi connectivity index (χ0n) is 9.95. The Labute approximate surface area is 110 Å². The van der Waals surface area contributed by atoms with Crippen molar-refractivity contribution in [2.75, 3.05) is 13.2 Å². The molecule has 3 nitrogen and oxygen atoms in total. The van der Waals surface area contributed by atoms with Crippen LogP contribution in [0.5, 0.6) is 0 Å². The van der Waals surface area contributed by atoms with Gasteiger partial charge in [0.05, 0.1) is 0 Å². The maximum Gasteiger partial charge on any atom is 0.223 e. The van der Waals surface area contributed by atoms with E-state index in [1.807, 2.05) is 31.2 Å². The van der Waals surface area contributed by atoms with Crippen LogP contribution in [0, 0.1) is 5.92 Å². The van der Waals surface area contributed by atoms with Gasteiger partial charge in [0, 0.05) is 23.5 Å². The topological polar surface area (TPSA) is 49.3 Å². The Morgan fingerprint density at radius 2 is 2.06 bits per heavy atom. The minimum atomic E-state index is -0.0464. The molecule has 4 heteroatoms. The molecule has 0 bridgehead atoms. The molecule has 17 heavy (non-hydrogen) atoms. The van der Waals surface area contributed by atoms with Crippen LogP contribution in [0.25, 0.3) is 0 Å². The monoisotopic (exact) mass is 299 g/mol. The Bertz CT molecular complexity index is 351. The van der Waals surface area contributed by atoms with Crippen molar-refractivity contribution >= 4 is 21.8 Å². The first-order chi connectivity index (χ1) is 8.13. The van der Waals surface area contributed by atoms with Crippen LogP contribution in [0.2, 0.25) is 0 Å². The quantitative estimate of drug-likeness (QED) is 0.791. The second-order valence-electron chi connectivity index (χ2n) is 4.10. The van der Waals surface area contributed by atoms with Crippen molar-refractivity contribution in [1.82, 2.24) is 5.32 Å². The number of aliphatic hydroxyl groups excluding tert-OH is 1. The van der Waals surface area contributed by atoms with Crippen molar-refractivity contribution in [2.45, 2.75) is 19.8 Å². The van der Waals surface area contributed by atoms with Gasteiger partial charge in [0.15, 0.2) is 0 Å². The van der Waals surface area contributed by atoms with Gasteiger partial charge in [-0.2, -0.15) is 0 Å². The summed E-state index contributed by atoms with van der Waals surface area (Å²) in [6, 6.07) is 7.99. The van der Waals surface area contributed by atoms with Crippen LogP contribution < -0.4 is 5.32 Å². The van der Waals surface area contributed by atoms with Crippen molar-refractivity contribution in [3.63, 3.8) is 0 Å². The summed E-state index contributed by atoms with van der Waals surface area (Å²) in [6.45, 7) is 2.57. The molecule has 0 saturated carbocycles. The molecule has 1 aromatic rings. The second-order valence-corrected chi connectivity index (χ2v) is 5.02. The van der Waals surface area contributed by atoms with E-state index in [1.165, 1.54) is 0 Å². The van der Waals surface area contributed by atoms with Gasteiger partial charge in [0.1, 0.15) is 0 Å². The van der Waals surface area contributed by atoms with Crippen molar-refractivity contribution in [1.29, 1.82) is 0 Å². The van der Waals surface area contributed by atoms with Crippen LogP contribution in [0.1, 0.15) is 18.9 Å². The lowest BCUT2D eigenvalue weighted by Gasteiger charge is -2.12. The summed E-state index contributed by atoms with van der Waals surface area (Å²) in [7, 11) is 0. The summed E-state index contributed by atoms with van der Waals surface area (Å²) in [5, 5.41) is 11.4. The number of halogens is 1. The zero-order valence-corrected chi connectivity index (χ0v) is 11.5. The Kier molecular flexibility index (Phi) is 6.22. The Balaban J connectivity index is 2.40. The third-order valence-corrected chi connectivity index (χ3v) is 3.07. The number of hydrogen-bond donors (Lipinski definition) is 2. The van der Waals surface area contributed by atoms with E-state index in [9.17, 15) is 4.79 Å². The number of aliphatic hydroxyl groups is 1. The number of benzene rings is 1. The summed E-state index contributed by atoms with van der Waals surface area (Å²) in [5.74, 6) is -0.00348. The molecule has 94 valence electrons. The number of amides is 1. The highest BCUT2D eigenvalue weighted by atomic mass is 79.9. The van der Waals surface area contributed by atoms with Gasteiger partial charge in [-0.15, -0.1) is 0 Å². The molecule has 1 amide bonds. The van der Waals surface area contributed by atoms with Gasteiger partial charge in [0.2, 0.25) is 5.91 Å². The lowest BCUT2D eigenvalue weighted by atomic mass is 10.0. The fourth-order valence-corrected chi connectivity index (χ4v) is 1.80. The van der Waals surface area contributed by atoms with E-state index >= 15 is 0 Å². The van der Waals surface area contributed by atoms with E-state index in [0.29, 0.717) is 13.0 Å². The zero-order chi connectivity index (χ0) is 12.7. The largest absolute Gasteiger partial charge is 0.396 e. The number of carbonyl (C=O) groups excluding carboxylic acids is 1. The summed E-state index contributed by atoms with van der Waals surface area (Å²) in [4.78, 5) is 11.7. The van der Waals surface area contributed by atoms with Crippen LogP contribution >= 0.6 is 15.9 Å². The number of carbonyl (C=O) groups is 1. The highest BCUT2D eigenvalue weighted by Crippen LogP contribution is 2.13. The molecule has 0 aromatic heterocycles. The van der Waals surface area contributed by atoms with Crippen LogP contribution in [0.3, 0.4) is 0 Å². The highest BCUT2D eigenvalue weighted by molar-refractivity contribution is 9.10. The predicted octanol–water partition coefficient (Wildman–Crippen LogP) is 2.13. The molecule has 0 aliphatic rings. The molecule has 1 rings (SSSR count). The second kappa shape index (κ2) is 7.45. The summed E-state index contributed by atoms with van der Waals surface area (Å²) in [5.41, 5.74) is 1.15. The SMILES string of the molecule is CC(Cc1ccc(Br)cc1)C(=O)NCCCO. The molecule has 2 N–H and O–H groups in total. The van der Waals surface area contributed by atoms with Gasteiger partial charge in [-0.05, 0) is 30.5 Å². The van der Waals surface area contributed by atoms with Gasteiger partial charge in [-0.1, -0.05) is 35.0 Å². The first kappa shape index (κ1) is 14.2.